The number of nitrogens with one attached hydrogen (secondary N) is 1. The van der Waals surface area contributed by atoms with Gasteiger partial charge in [0.25, 0.3) is 0 Å². The lowest BCUT2D eigenvalue weighted by Crippen LogP contribution is -2.44. The third kappa shape index (κ3) is 2.42. The number of hydrogen-bond donors (Lipinski definition) is 3. The Morgan fingerprint density at radius 3 is 2.94 bits per heavy atom. The number of carboxylic acids is 1. The Labute approximate surface area is 104 Å². The fourth-order valence-corrected chi connectivity index (χ4v) is 2.88. The van der Waals surface area contributed by atoms with Gasteiger partial charge in [-0.05, 0) is 25.7 Å². The number of nitrogens with two attached hydrogens (primary N) is 1. The van der Waals surface area contributed by atoms with Crippen LogP contribution in [-0.2, 0) is 4.79 Å². The highest BCUT2D eigenvalue weighted by molar-refractivity contribution is 7.13. The number of aliphatic carboxylic acids is 1. The fraction of sp³-hybridized carbons (Fsp3) is 0.636. The topological polar surface area (TPSA) is 88.2 Å². The number of carboxylic acid groups (broad SMARTS) is 1. The van der Waals surface area contributed by atoms with Crippen molar-refractivity contribution in [3.63, 3.8) is 0 Å². The van der Waals surface area contributed by atoms with Crippen LogP contribution in [0.2, 0.25) is 0 Å². The van der Waals surface area contributed by atoms with Gasteiger partial charge in [0.2, 0.25) is 0 Å². The first-order valence-corrected chi connectivity index (χ1v) is 6.66. The SMILES string of the molecule is CCC1(Nc2nc(C(N)C(=O)O)cs2)CCC1. The first kappa shape index (κ1) is 12.3. The molecule has 1 atom stereocenters. The Morgan fingerprint density at radius 2 is 2.47 bits per heavy atom. The van der Waals surface area contributed by atoms with Gasteiger partial charge in [-0.25, -0.2) is 4.98 Å². The molecule has 94 valence electrons. The molecule has 0 aromatic carbocycles. The quantitative estimate of drug-likeness (QED) is 0.748. The molecule has 0 bridgehead atoms. The van der Waals surface area contributed by atoms with Gasteiger partial charge in [0, 0.05) is 10.9 Å². The standard InChI is InChI=1S/C11H17N3O2S/c1-2-11(4-3-5-11)14-10-13-7(6-17-10)8(12)9(15)16/h6,8H,2-5,12H2,1H3,(H,13,14)(H,15,16). The summed E-state index contributed by atoms with van der Waals surface area (Å²) < 4.78 is 0. The van der Waals surface area contributed by atoms with Crippen LogP contribution in [-0.4, -0.2) is 21.6 Å². The maximum absolute atomic E-state index is 10.7. The van der Waals surface area contributed by atoms with Gasteiger partial charge >= 0.3 is 5.97 Å². The predicted molar refractivity (Wildman–Crippen MR) is 67.2 cm³/mol. The molecular formula is C11H17N3O2S. The van der Waals surface area contributed by atoms with Gasteiger partial charge in [-0.2, -0.15) is 0 Å². The Morgan fingerprint density at radius 1 is 1.76 bits per heavy atom. The number of aromatic nitrogens is 1. The van der Waals surface area contributed by atoms with Crippen molar-refractivity contribution >= 4 is 22.4 Å². The second-order valence-corrected chi connectivity index (χ2v) is 5.36. The second kappa shape index (κ2) is 4.62. The van der Waals surface area contributed by atoms with E-state index in [0.29, 0.717) is 5.69 Å². The molecule has 0 spiro atoms. The number of rotatable bonds is 5. The molecule has 1 saturated carbocycles. The first-order valence-electron chi connectivity index (χ1n) is 5.78. The molecular weight excluding hydrogens is 238 g/mol. The van der Waals surface area contributed by atoms with E-state index in [9.17, 15) is 4.79 Å². The van der Waals surface area contributed by atoms with Gasteiger partial charge in [-0.3, -0.25) is 4.79 Å². The van der Waals surface area contributed by atoms with Crippen molar-refractivity contribution in [2.24, 2.45) is 5.73 Å². The zero-order valence-electron chi connectivity index (χ0n) is 9.77. The van der Waals surface area contributed by atoms with E-state index < -0.39 is 12.0 Å². The summed E-state index contributed by atoms with van der Waals surface area (Å²) in [6.45, 7) is 2.16. The van der Waals surface area contributed by atoms with Gasteiger partial charge < -0.3 is 16.2 Å². The van der Waals surface area contributed by atoms with Crippen molar-refractivity contribution in [2.75, 3.05) is 5.32 Å². The third-order valence-corrected chi connectivity index (χ3v) is 4.24. The highest BCUT2D eigenvalue weighted by Gasteiger charge is 2.35. The monoisotopic (exact) mass is 255 g/mol. The molecule has 1 aromatic heterocycles. The van der Waals surface area contributed by atoms with Crippen LogP contribution in [0.4, 0.5) is 5.13 Å². The van der Waals surface area contributed by atoms with E-state index in [4.69, 9.17) is 10.8 Å². The normalized spacial score (nSPS) is 19.4. The average Bonchev–Trinajstić information content (AvgIpc) is 2.70. The number of anilines is 1. The van der Waals surface area contributed by atoms with Crippen LogP contribution >= 0.6 is 11.3 Å². The van der Waals surface area contributed by atoms with E-state index in [1.165, 1.54) is 17.8 Å². The first-order chi connectivity index (χ1) is 8.06. The van der Waals surface area contributed by atoms with E-state index in [1.54, 1.807) is 5.38 Å². The van der Waals surface area contributed by atoms with Crippen LogP contribution in [0.5, 0.6) is 0 Å². The van der Waals surface area contributed by atoms with Crippen LogP contribution in [0.1, 0.15) is 44.3 Å². The van der Waals surface area contributed by atoms with E-state index >= 15 is 0 Å². The lowest BCUT2D eigenvalue weighted by atomic mass is 9.75. The molecule has 0 saturated heterocycles. The molecule has 1 aromatic rings. The number of carbonyl (C=O) groups is 1. The number of thiazole rings is 1. The van der Waals surface area contributed by atoms with Crippen LogP contribution in [0.15, 0.2) is 5.38 Å². The van der Waals surface area contributed by atoms with Crippen molar-refractivity contribution in [2.45, 2.75) is 44.2 Å². The molecule has 4 N–H and O–H groups in total. The number of hydrogen-bond acceptors (Lipinski definition) is 5. The predicted octanol–water partition coefficient (Wildman–Crippen LogP) is 1.97. The molecule has 0 radical (unpaired) electrons. The smallest absolute Gasteiger partial charge is 0.326 e. The average molecular weight is 255 g/mol. The zero-order valence-corrected chi connectivity index (χ0v) is 10.6. The lowest BCUT2D eigenvalue weighted by Gasteiger charge is -2.41. The third-order valence-electron chi connectivity index (χ3n) is 3.47. The molecule has 1 heterocycles. The lowest BCUT2D eigenvalue weighted by molar-refractivity contribution is -0.138. The minimum atomic E-state index is -1.05. The molecule has 5 nitrogen and oxygen atoms in total. The Bertz CT molecular complexity index is 409. The van der Waals surface area contributed by atoms with E-state index in [1.807, 2.05) is 0 Å². The Hall–Kier alpha value is -1.14. The van der Waals surface area contributed by atoms with Gasteiger partial charge in [-0.1, -0.05) is 6.92 Å². The van der Waals surface area contributed by atoms with Crippen LogP contribution in [0, 0.1) is 0 Å². The van der Waals surface area contributed by atoms with E-state index in [2.05, 4.69) is 17.2 Å². The minimum absolute atomic E-state index is 0.169. The molecule has 1 aliphatic rings. The highest BCUT2D eigenvalue weighted by atomic mass is 32.1. The summed E-state index contributed by atoms with van der Waals surface area (Å²) in [4.78, 5) is 15.0. The van der Waals surface area contributed by atoms with Gasteiger partial charge in [-0.15, -0.1) is 11.3 Å². The van der Waals surface area contributed by atoms with Crippen molar-refractivity contribution in [3.05, 3.63) is 11.1 Å². The Balaban J connectivity index is 2.06. The summed E-state index contributed by atoms with van der Waals surface area (Å²) in [6.07, 6.45) is 4.62. The molecule has 1 fully saturated rings. The van der Waals surface area contributed by atoms with Crippen LogP contribution < -0.4 is 11.1 Å². The van der Waals surface area contributed by atoms with E-state index in [0.717, 1.165) is 24.4 Å². The van der Waals surface area contributed by atoms with Crippen LogP contribution in [0.25, 0.3) is 0 Å². The van der Waals surface area contributed by atoms with Gasteiger partial charge in [0.05, 0.1) is 5.69 Å². The second-order valence-electron chi connectivity index (χ2n) is 4.51. The summed E-state index contributed by atoms with van der Waals surface area (Å²) in [7, 11) is 0. The maximum atomic E-state index is 10.7. The van der Waals surface area contributed by atoms with E-state index in [-0.39, 0.29) is 5.54 Å². The summed E-state index contributed by atoms with van der Waals surface area (Å²) in [5, 5.41) is 14.7. The molecule has 0 amide bonds. The molecule has 0 aliphatic heterocycles. The van der Waals surface area contributed by atoms with Crippen molar-refractivity contribution in [1.82, 2.24) is 4.98 Å². The highest BCUT2D eigenvalue weighted by Crippen LogP contribution is 2.38. The van der Waals surface area contributed by atoms with Crippen molar-refractivity contribution < 1.29 is 9.90 Å². The molecule has 6 heteroatoms. The number of nitrogens with zero attached hydrogens (tertiary/aromatic N) is 1. The fourth-order valence-electron chi connectivity index (χ4n) is 2.01. The molecule has 2 rings (SSSR count). The van der Waals surface area contributed by atoms with Crippen LogP contribution in [0.3, 0.4) is 0 Å². The zero-order chi connectivity index (χ0) is 12.5. The molecule has 1 unspecified atom stereocenters. The summed E-state index contributed by atoms with van der Waals surface area (Å²) >= 11 is 1.42. The molecule has 17 heavy (non-hydrogen) atoms. The maximum Gasteiger partial charge on any atom is 0.326 e. The minimum Gasteiger partial charge on any atom is -0.480 e. The Kier molecular flexibility index (Phi) is 3.35. The van der Waals surface area contributed by atoms with Gasteiger partial charge in [0.15, 0.2) is 5.13 Å². The largest absolute Gasteiger partial charge is 0.480 e. The summed E-state index contributed by atoms with van der Waals surface area (Å²) in [5.41, 5.74) is 6.11. The summed E-state index contributed by atoms with van der Waals surface area (Å²) in [5.74, 6) is -1.05. The van der Waals surface area contributed by atoms with Crippen molar-refractivity contribution in [3.8, 4) is 0 Å². The molecule has 1 aliphatic carbocycles. The van der Waals surface area contributed by atoms with Gasteiger partial charge in [0.1, 0.15) is 6.04 Å². The summed E-state index contributed by atoms with van der Waals surface area (Å²) in [6, 6.07) is -1.03. The van der Waals surface area contributed by atoms with Crippen molar-refractivity contribution in [1.29, 1.82) is 0 Å².